The zero-order valence-corrected chi connectivity index (χ0v) is 13.1. The third-order valence-corrected chi connectivity index (χ3v) is 3.54. The molecule has 0 saturated heterocycles. The number of ether oxygens (including phenoxy) is 1. The van der Waals surface area contributed by atoms with E-state index in [1.54, 1.807) is 24.3 Å². The Hall–Kier alpha value is -2.55. The number of para-hydroxylation sites is 1. The highest BCUT2D eigenvalue weighted by atomic mass is 16.5. The van der Waals surface area contributed by atoms with E-state index in [4.69, 9.17) is 4.74 Å². The smallest absolute Gasteiger partial charge is 0.185 e. The Bertz CT molecular complexity index is 715. The van der Waals surface area contributed by atoms with Gasteiger partial charge in [-0.15, -0.1) is 0 Å². The Labute approximate surface area is 130 Å². The first-order valence-electron chi connectivity index (χ1n) is 7.27. The molecule has 0 atom stereocenters. The summed E-state index contributed by atoms with van der Waals surface area (Å²) in [5, 5.41) is 10.1. The van der Waals surface area contributed by atoms with Crippen molar-refractivity contribution < 1.29 is 14.6 Å². The fourth-order valence-corrected chi connectivity index (χ4v) is 2.10. The minimum Gasteiger partial charge on any atom is -0.504 e. The lowest BCUT2D eigenvalue weighted by molar-refractivity contribution is 0.104. The molecule has 2 rings (SSSR count). The second-order valence-electron chi connectivity index (χ2n) is 5.12. The van der Waals surface area contributed by atoms with Crippen molar-refractivity contribution in [3.8, 4) is 11.5 Å². The molecule has 1 N–H and O–H groups in total. The molecule has 0 aliphatic rings. The fraction of sp³-hybridized carbons (Fsp3) is 0.211. The first-order chi connectivity index (χ1) is 10.5. The summed E-state index contributed by atoms with van der Waals surface area (Å²) < 4.78 is 5.33. The van der Waals surface area contributed by atoms with Crippen molar-refractivity contribution in [2.24, 2.45) is 0 Å². The van der Waals surface area contributed by atoms with Crippen molar-refractivity contribution >= 4 is 11.9 Å². The Morgan fingerprint density at radius 2 is 1.95 bits per heavy atom. The molecule has 0 aromatic heterocycles. The highest BCUT2D eigenvalue weighted by molar-refractivity contribution is 6.07. The molecule has 114 valence electrons. The summed E-state index contributed by atoms with van der Waals surface area (Å²) in [6.07, 6.45) is 3.07. The molecule has 0 aliphatic heterocycles. The van der Waals surface area contributed by atoms with Gasteiger partial charge in [0.15, 0.2) is 17.3 Å². The quantitative estimate of drug-likeness (QED) is 0.661. The molecule has 0 unspecified atom stereocenters. The largest absolute Gasteiger partial charge is 0.504 e. The Morgan fingerprint density at radius 1 is 1.18 bits per heavy atom. The second kappa shape index (κ2) is 6.94. The number of carbonyl (C=O) groups excluding carboxylic acids is 1. The number of hydrogen-bond donors (Lipinski definition) is 1. The minimum absolute atomic E-state index is 0.0495. The van der Waals surface area contributed by atoms with Crippen LogP contribution in [0.15, 0.2) is 42.5 Å². The third kappa shape index (κ3) is 3.55. The molecule has 0 radical (unpaired) electrons. The minimum atomic E-state index is -0.0932. The normalized spacial score (nSPS) is 10.9. The molecular weight excluding hydrogens is 276 g/mol. The van der Waals surface area contributed by atoms with Crippen LogP contribution in [0, 0.1) is 13.8 Å². The highest BCUT2D eigenvalue weighted by Gasteiger charge is 2.07. The molecule has 0 spiro atoms. The Balaban J connectivity index is 2.22. The van der Waals surface area contributed by atoms with E-state index in [0.717, 1.165) is 11.1 Å². The van der Waals surface area contributed by atoms with E-state index in [9.17, 15) is 9.90 Å². The average molecular weight is 296 g/mol. The highest BCUT2D eigenvalue weighted by Crippen LogP contribution is 2.30. The van der Waals surface area contributed by atoms with Gasteiger partial charge in [-0.3, -0.25) is 4.79 Å². The molecule has 2 aromatic carbocycles. The molecule has 2 aromatic rings. The van der Waals surface area contributed by atoms with Crippen LogP contribution < -0.4 is 4.74 Å². The molecule has 3 nitrogen and oxygen atoms in total. The lowest BCUT2D eigenvalue weighted by atomic mass is 10.0. The van der Waals surface area contributed by atoms with Crippen molar-refractivity contribution in [2.75, 3.05) is 6.61 Å². The van der Waals surface area contributed by atoms with Gasteiger partial charge in [0.05, 0.1) is 6.61 Å². The van der Waals surface area contributed by atoms with Gasteiger partial charge in [0.1, 0.15) is 0 Å². The van der Waals surface area contributed by atoms with Gasteiger partial charge in [-0.05, 0) is 56.2 Å². The number of carbonyl (C=O) groups is 1. The maximum atomic E-state index is 12.2. The number of benzene rings is 2. The van der Waals surface area contributed by atoms with Gasteiger partial charge in [-0.2, -0.15) is 0 Å². The maximum absolute atomic E-state index is 12.2. The summed E-state index contributed by atoms with van der Waals surface area (Å²) in [7, 11) is 0. The van der Waals surface area contributed by atoms with Crippen LogP contribution in [0.25, 0.3) is 6.08 Å². The molecule has 0 saturated carbocycles. The molecule has 0 fully saturated rings. The molecule has 22 heavy (non-hydrogen) atoms. The molecular formula is C19H20O3. The first kappa shape index (κ1) is 15.8. The topological polar surface area (TPSA) is 46.5 Å². The van der Waals surface area contributed by atoms with E-state index < -0.39 is 0 Å². The van der Waals surface area contributed by atoms with Crippen LogP contribution in [0.3, 0.4) is 0 Å². The van der Waals surface area contributed by atoms with Crippen LogP contribution in [0.1, 0.15) is 34.0 Å². The van der Waals surface area contributed by atoms with E-state index in [1.807, 2.05) is 39.0 Å². The van der Waals surface area contributed by atoms with Crippen LogP contribution >= 0.6 is 0 Å². The second-order valence-corrected chi connectivity index (χ2v) is 5.12. The molecule has 0 amide bonds. The zero-order chi connectivity index (χ0) is 16.1. The lowest BCUT2D eigenvalue weighted by Gasteiger charge is -2.07. The Kier molecular flexibility index (Phi) is 4.99. The first-order valence-corrected chi connectivity index (χ1v) is 7.27. The zero-order valence-electron chi connectivity index (χ0n) is 13.1. The van der Waals surface area contributed by atoms with E-state index in [2.05, 4.69) is 0 Å². The van der Waals surface area contributed by atoms with Crippen molar-refractivity contribution in [1.82, 2.24) is 0 Å². The Morgan fingerprint density at radius 3 is 2.64 bits per heavy atom. The molecule has 0 bridgehead atoms. The number of rotatable bonds is 5. The fourth-order valence-electron chi connectivity index (χ4n) is 2.10. The van der Waals surface area contributed by atoms with Crippen LogP contribution in [-0.4, -0.2) is 17.5 Å². The van der Waals surface area contributed by atoms with E-state index in [1.165, 1.54) is 6.08 Å². The van der Waals surface area contributed by atoms with E-state index in [0.29, 0.717) is 23.5 Å². The van der Waals surface area contributed by atoms with Gasteiger partial charge in [0.25, 0.3) is 0 Å². The monoisotopic (exact) mass is 296 g/mol. The van der Waals surface area contributed by atoms with Crippen molar-refractivity contribution in [3.05, 3.63) is 64.7 Å². The van der Waals surface area contributed by atoms with E-state index in [-0.39, 0.29) is 11.5 Å². The number of hydrogen-bond acceptors (Lipinski definition) is 3. The standard InChI is InChI=1S/C19H20O3/c1-4-22-18-7-5-6-15(19(18)21)10-11-17(20)16-9-8-13(2)14(3)12-16/h5-12,21H,4H2,1-3H3. The summed E-state index contributed by atoms with van der Waals surface area (Å²) in [5.74, 6) is 0.376. The van der Waals surface area contributed by atoms with Gasteiger partial charge < -0.3 is 9.84 Å². The summed E-state index contributed by atoms with van der Waals surface area (Å²) in [5.41, 5.74) is 3.44. The number of aromatic hydroxyl groups is 1. The number of phenolic OH excluding ortho intramolecular Hbond substituents is 1. The van der Waals surface area contributed by atoms with Gasteiger partial charge in [-0.1, -0.05) is 24.3 Å². The van der Waals surface area contributed by atoms with E-state index >= 15 is 0 Å². The van der Waals surface area contributed by atoms with Crippen LogP contribution in [0.4, 0.5) is 0 Å². The molecule has 0 heterocycles. The summed E-state index contributed by atoms with van der Waals surface area (Å²) in [6.45, 7) is 6.32. The summed E-state index contributed by atoms with van der Waals surface area (Å²) in [6, 6.07) is 10.8. The molecule has 3 heteroatoms. The lowest BCUT2D eigenvalue weighted by Crippen LogP contribution is -1.96. The SMILES string of the molecule is CCOc1cccc(C=CC(=O)c2ccc(C)c(C)c2)c1O. The average Bonchev–Trinajstić information content (AvgIpc) is 2.51. The molecule has 0 aliphatic carbocycles. The van der Waals surface area contributed by atoms with Crippen LogP contribution in [-0.2, 0) is 0 Å². The van der Waals surface area contributed by atoms with Gasteiger partial charge in [0.2, 0.25) is 0 Å². The van der Waals surface area contributed by atoms with Crippen LogP contribution in [0.2, 0.25) is 0 Å². The summed E-state index contributed by atoms with van der Waals surface area (Å²) >= 11 is 0. The van der Waals surface area contributed by atoms with Gasteiger partial charge >= 0.3 is 0 Å². The van der Waals surface area contributed by atoms with Crippen molar-refractivity contribution in [1.29, 1.82) is 0 Å². The predicted molar refractivity (Wildman–Crippen MR) is 88.6 cm³/mol. The maximum Gasteiger partial charge on any atom is 0.185 e. The van der Waals surface area contributed by atoms with Gasteiger partial charge in [-0.25, -0.2) is 0 Å². The number of aryl methyl sites for hydroxylation is 2. The van der Waals surface area contributed by atoms with Gasteiger partial charge in [0, 0.05) is 11.1 Å². The number of allylic oxidation sites excluding steroid dienone is 1. The third-order valence-electron chi connectivity index (χ3n) is 3.54. The number of phenols is 1. The van der Waals surface area contributed by atoms with Crippen molar-refractivity contribution in [3.63, 3.8) is 0 Å². The predicted octanol–water partition coefficient (Wildman–Crippen LogP) is 4.30. The summed E-state index contributed by atoms with van der Waals surface area (Å²) in [4.78, 5) is 12.2. The van der Waals surface area contributed by atoms with Crippen molar-refractivity contribution in [2.45, 2.75) is 20.8 Å². The number of ketones is 1. The van der Waals surface area contributed by atoms with Crippen LogP contribution in [0.5, 0.6) is 11.5 Å².